The molecule has 0 saturated carbocycles. The highest BCUT2D eigenvalue weighted by molar-refractivity contribution is 7.86. The van der Waals surface area contributed by atoms with E-state index in [0.29, 0.717) is 0 Å². The maximum atomic E-state index is 11.0. The van der Waals surface area contributed by atoms with Crippen molar-refractivity contribution >= 4 is 16.1 Å². The van der Waals surface area contributed by atoms with Crippen LogP contribution in [0.15, 0.2) is 25.0 Å². The van der Waals surface area contributed by atoms with Crippen LogP contribution in [0.1, 0.15) is 13.3 Å². The van der Waals surface area contributed by atoms with Crippen LogP contribution in [0.5, 0.6) is 0 Å². The average Bonchev–Trinajstić information content (AvgIpc) is 2.11. The van der Waals surface area contributed by atoms with Crippen molar-refractivity contribution in [3.8, 4) is 0 Å². The first-order valence-corrected chi connectivity index (χ1v) is 5.81. The molecule has 0 aromatic heterocycles. The van der Waals surface area contributed by atoms with Crippen LogP contribution in [0.4, 0.5) is 0 Å². The monoisotopic (exact) mass is 234 g/mol. The first-order valence-electron chi connectivity index (χ1n) is 4.23. The standard InChI is InChI=1S/C9H14O5S/c1-4-14-15(11,12)7-5-6-13-9(10)8(2)3/h4H,1-2,5-7H2,3H3. The first-order chi connectivity index (χ1) is 6.89. The lowest BCUT2D eigenvalue weighted by Crippen LogP contribution is -2.12. The number of hydrogen-bond acceptors (Lipinski definition) is 5. The predicted molar refractivity (Wildman–Crippen MR) is 55.5 cm³/mol. The summed E-state index contributed by atoms with van der Waals surface area (Å²) in [5, 5.41) is 0. The molecule has 5 nitrogen and oxygen atoms in total. The zero-order valence-electron chi connectivity index (χ0n) is 8.56. The van der Waals surface area contributed by atoms with Crippen molar-refractivity contribution in [2.45, 2.75) is 13.3 Å². The Morgan fingerprint density at radius 1 is 1.47 bits per heavy atom. The Hall–Kier alpha value is -1.30. The minimum absolute atomic E-state index is 0.0193. The summed E-state index contributed by atoms with van der Waals surface area (Å²) in [4.78, 5) is 10.9. The highest BCUT2D eigenvalue weighted by Gasteiger charge is 2.10. The van der Waals surface area contributed by atoms with Gasteiger partial charge in [0.2, 0.25) is 0 Å². The second kappa shape index (κ2) is 6.23. The van der Waals surface area contributed by atoms with Gasteiger partial charge in [-0.3, -0.25) is 0 Å². The molecular weight excluding hydrogens is 220 g/mol. The van der Waals surface area contributed by atoms with Crippen molar-refractivity contribution in [2.75, 3.05) is 12.4 Å². The number of carbonyl (C=O) groups is 1. The minimum atomic E-state index is -3.58. The lowest BCUT2D eigenvalue weighted by molar-refractivity contribution is -0.138. The smallest absolute Gasteiger partial charge is 0.333 e. The number of hydrogen-bond donors (Lipinski definition) is 0. The fourth-order valence-electron chi connectivity index (χ4n) is 0.676. The molecule has 0 amide bonds. The molecule has 0 bridgehead atoms. The second-order valence-corrected chi connectivity index (χ2v) is 4.51. The maximum Gasteiger partial charge on any atom is 0.333 e. The Bertz CT molecular complexity index is 342. The van der Waals surface area contributed by atoms with Gasteiger partial charge >= 0.3 is 16.1 Å². The van der Waals surface area contributed by atoms with Crippen molar-refractivity contribution in [1.29, 1.82) is 0 Å². The van der Waals surface area contributed by atoms with E-state index in [9.17, 15) is 13.2 Å². The Balaban J connectivity index is 3.77. The normalized spacial score (nSPS) is 10.5. The molecule has 0 saturated heterocycles. The van der Waals surface area contributed by atoms with E-state index >= 15 is 0 Å². The van der Waals surface area contributed by atoms with Gasteiger partial charge in [0, 0.05) is 5.57 Å². The van der Waals surface area contributed by atoms with Crippen LogP contribution in [0.3, 0.4) is 0 Å². The molecule has 0 rings (SSSR count). The molecule has 0 heterocycles. The van der Waals surface area contributed by atoms with Crippen molar-refractivity contribution < 1.29 is 22.1 Å². The van der Waals surface area contributed by atoms with Gasteiger partial charge < -0.3 is 8.92 Å². The largest absolute Gasteiger partial charge is 0.462 e. The summed E-state index contributed by atoms with van der Waals surface area (Å²) in [5.74, 6) is -0.750. The second-order valence-electron chi connectivity index (χ2n) is 2.79. The summed E-state index contributed by atoms with van der Waals surface area (Å²) >= 11 is 0. The molecule has 0 fully saturated rings. The van der Waals surface area contributed by atoms with Crippen molar-refractivity contribution in [3.05, 3.63) is 25.0 Å². The fourth-order valence-corrected chi connectivity index (χ4v) is 1.45. The first kappa shape index (κ1) is 13.7. The molecule has 15 heavy (non-hydrogen) atoms. The van der Waals surface area contributed by atoms with Gasteiger partial charge in [0.25, 0.3) is 0 Å². The summed E-state index contributed by atoms with van der Waals surface area (Å²) in [6, 6.07) is 0. The van der Waals surface area contributed by atoms with Gasteiger partial charge in [-0.25, -0.2) is 4.79 Å². The van der Waals surface area contributed by atoms with Crippen LogP contribution in [-0.4, -0.2) is 26.7 Å². The molecule has 0 radical (unpaired) electrons. The Labute approximate surface area is 89.5 Å². The quantitative estimate of drug-likeness (QED) is 0.216. The number of ether oxygens (including phenoxy) is 1. The highest BCUT2D eigenvalue weighted by atomic mass is 32.2. The summed E-state index contributed by atoms with van der Waals surface area (Å²) in [6.45, 7) is 8.04. The summed E-state index contributed by atoms with van der Waals surface area (Å²) < 4.78 is 30.9. The van der Waals surface area contributed by atoms with Gasteiger partial charge in [0.1, 0.15) is 0 Å². The number of esters is 1. The lowest BCUT2D eigenvalue weighted by atomic mass is 10.4. The third-order valence-corrected chi connectivity index (χ3v) is 2.55. The van der Waals surface area contributed by atoms with E-state index in [1.807, 2.05) is 0 Å². The molecule has 0 aromatic rings. The minimum Gasteiger partial charge on any atom is -0.462 e. The Kier molecular flexibility index (Phi) is 5.69. The van der Waals surface area contributed by atoms with Crippen LogP contribution in [-0.2, 0) is 23.8 Å². The van der Waals surface area contributed by atoms with E-state index in [1.165, 1.54) is 6.92 Å². The van der Waals surface area contributed by atoms with E-state index in [2.05, 4.69) is 17.3 Å². The third-order valence-electron chi connectivity index (χ3n) is 1.33. The highest BCUT2D eigenvalue weighted by Crippen LogP contribution is 1.99. The number of rotatable bonds is 7. The van der Waals surface area contributed by atoms with Gasteiger partial charge in [0.15, 0.2) is 0 Å². The van der Waals surface area contributed by atoms with Crippen molar-refractivity contribution in [2.24, 2.45) is 0 Å². The predicted octanol–water partition coefficient (Wildman–Crippen LogP) is 0.986. The summed E-state index contributed by atoms with van der Waals surface area (Å²) in [6.07, 6.45) is 1.02. The molecule has 0 spiro atoms. The molecule has 86 valence electrons. The van der Waals surface area contributed by atoms with E-state index in [1.54, 1.807) is 0 Å². The van der Waals surface area contributed by atoms with Gasteiger partial charge in [-0.2, -0.15) is 8.42 Å². The lowest BCUT2D eigenvalue weighted by Gasteiger charge is -2.04. The molecule has 0 atom stereocenters. The van der Waals surface area contributed by atoms with Crippen molar-refractivity contribution in [1.82, 2.24) is 0 Å². The third kappa shape index (κ3) is 6.73. The molecule has 0 aromatic carbocycles. The van der Waals surface area contributed by atoms with Crippen LogP contribution in [0.2, 0.25) is 0 Å². The van der Waals surface area contributed by atoms with Gasteiger partial charge in [-0.1, -0.05) is 13.2 Å². The molecule has 0 aliphatic heterocycles. The van der Waals surface area contributed by atoms with Crippen LogP contribution in [0.25, 0.3) is 0 Å². The fraction of sp³-hybridized carbons (Fsp3) is 0.444. The van der Waals surface area contributed by atoms with Gasteiger partial charge in [0.05, 0.1) is 18.6 Å². The number of carbonyl (C=O) groups excluding carboxylic acids is 1. The Morgan fingerprint density at radius 3 is 2.53 bits per heavy atom. The SMILES string of the molecule is C=COS(=O)(=O)CCCOC(=O)C(=C)C. The summed E-state index contributed by atoms with van der Waals surface area (Å²) in [7, 11) is -3.58. The van der Waals surface area contributed by atoms with Crippen LogP contribution < -0.4 is 0 Å². The van der Waals surface area contributed by atoms with Crippen LogP contribution in [0, 0.1) is 0 Å². The Morgan fingerprint density at radius 2 is 2.07 bits per heavy atom. The molecule has 0 N–H and O–H groups in total. The van der Waals surface area contributed by atoms with E-state index in [4.69, 9.17) is 4.74 Å². The summed E-state index contributed by atoms with van der Waals surface area (Å²) in [5.41, 5.74) is 0.278. The zero-order valence-corrected chi connectivity index (χ0v) is 9.38. The molecule has 0 unspecified atom stereocenters. The van der Waals surface area contributed by atoms with Gasteiger partial charge in [-0.15, -0.1) is 0 Å². The molecule has 0 aliphatic rings. The topological polar surface area (TPSA) is 69.7 Å². The van der Waals surface area contributed by atoms with E-state index in [-0.39, 0.29) is 24.4 Å². The maximum absolute atomic E-state index is 11.0. The van der Waals surface area contributed by atoms with E-state index in [0.717, 1.165) is 6.26 Å². The molecule has 6 heteroatoms. The molecule has 0 aliphatic carbocycles. The van der Waals surface area contributed by atoms with Crippen molar-refractivity contribution in [3.63, 3.8) is 0 Å². The van der Waals surface area contributed by atoms with E-state index < -0.39 is 16.1 Å². The molecular formula is C9H14O5S. The van der Waals surface area contributed by atoms with Gasteiger partial charge in [-0.05, 0) is 13.3 Å². The van der Waals surface area contributed by atoms with Crippen LogP contribution >= 0.6 is 0 Å². The zero-order chi connectivity index (χ0) is 11.9. The average molecular weight is 234 g/mol.